The topological polar surface area (TPSA) is 47.3 Å². The second-order valence-corrected chi connectivity index (χ2v) is 8.70. The van der Waals surface area contributed by atoms with E-state index in [0.29, 0.717) is 5.56 Å². The third-order valence-electron chi connectivity index (χ3n) is 6.23. The normalized spacial score (nSPS) is 17.3. The molecule has 2 saturated carbocycles. The van der Waals surface area contributed by atoms with Gasteiger partial charge in [0.1, 0.15) is 11.2 Å². The predicted molar refractivity (Wildman–Crippen MR) is 119 cm³/mol. The summed E-state index contributed by atoms with van der Waals surface area (Å²) in [6.07, 6.45) is -6.94. The van der Waals surface area contributed by atoms with E-state index in [1.54, 1.807) is 6.07 Å². The fraction of sp³-hybridized carbons (Fsp3) is 0.440. The van der Waals surface area contributed by atoms with Crippen LogP contribution < -0.4 is 0 Å². The van der Waals surface area contributed by atoms with E-state index in [1.807, 2.05) is 31.2 Å². The van der Waals surface area contributed by atoms with Gasteiger partial charge in [-0.15, -0.1) is 0 Å². The number of carbonyl (C=O) groups excluding carboxylic acids is 1. The number of carbonyl (C=O) groups is 1. The van der Waals surface area contributed by atoms with Gasteiger partial charge in [-0.2, -0.15) is 33.4 Å². The van der Waals surface area contributed by atoms with Gasteiger partial charge in [-0.3, -0.25) is 4.79 Å². The van der Waals surface area contributed by atoms with Gasteiger partial charge in [0, 0.05) is 24.4 Å². The first kappa shape index (κ1) is 26.5. The molecule has 0 bridgehead atoms. The first-order chi connectivity index (χ1) is 16.2. The smallest absolute Gasteiger partial charge is 0.411 e. The largest absolute Gasteiger partial charge is 0.652 e. The van der Waals surface area contributed by atoms with Crippen LogP contribution in [0.3, 0.4) is 0 Å². The minimum Gasteiger partial charge on any atom is -0.652 e. The van der Waals surface area contributed by atoms with E-state index in [9.17, 15) is 31.1 Å². The molecule has 2 aromatic rings. The summed E-state index contributed by atoms with van der Waals surface area (Å²) in [5.41, 5.74) is -1.18. The number of hydrogen-bond acceptors (Lipinski definition) is 2. The number of rotatable bonds is 3. The number of aromatic nitrogens is 1. The van der Waals surface area contributed by atoms with Gasteiger partial charge in [0.2, 0.25) is 0 Å². The lowest BCUT2D eigenvalue weighted by Crippen LogP contribution is -2.49. The number of pyridine rings is 1. The van der Waals surface area contributed by atoms with Crippen molar-refractivity contribution in [2.45, 2.75) is 56.0 Å². The molecule has 4 rings (SSSR count). The van der Waals surface area contributed by atoms with E-state index in [2.05, 4.69) is 22.1 Å². The van der Waals surface area contributed by atoms with Crippen molar-refractivity contribution < 1.29 is 31.1 Å². The van der Waals surface area contributed by atoms with Crippen LogP contribution in [0.15, 0.2) is 42.6 Å². The molecule has 0 atom stereocenters. The number of aryl methyl sites for hydroxylation is 1. The molecule has 0 radical (unpaired) electrons. The molecule has 2 aliphatic rings. The highest BCUT2D eigenvalue weighted by Crippen LogP contribution is 2.54. The number of benzene rings is 1. The molecule has 1 aromatic heterocycles. The van der Waals surface area contributed by atoms with E-state index in [1.165, 1.54) is 26.4 Å². The molecule has 1 heterocycles. The molecule has 0 unspecified atom stereocenters. The maximum absolute atomic E-state index is 13.1. The van der Waals surface area contributed by atoms with Crippen molar-refractivity contribution in [2.24, 2.45) is 0 Å². The van der Waals surface area contributed by atoms with Crippen molar-refractivity contribution >= 4 is 5.91 Å². The van der Waals surface area contributed by atoms with Gasteiger partial charge in [-0.25, -0.2) is 4.98 Å². The Hall–Kier alpha value is -3.06. The molecular formula is C25H24F6N3O-. The third-order valence-corrected chi connectivity index (χ3v) is 6.23. The van der Waals surface area contributed by atoms with Crippen LogP contribution in [0.2, 0.25) is 0 Å². The maximum atomic E-state index is 13.1. The summed E-state index contributed by atoms with van der Waals surface area (Å²) >= 11 is 0. The number of nitrogens with zero attached hydrogens (tertiary/aromatic N) is 3. The molecule has 1 aromatic carbocycles. The molecular weight excluding hydrogens is 472 g/mol. The number of hydrogen-bond donors (Lipinski definition) is 0. The Morgan fingerprint density at radius 3 is 2.00 bits per heavy atom. The average molecular weight is 496 g/mol. The third kappa shape index (κ3) is 5.78. The summed E-state index contributed by atoms with van der Waals surface area (Å²) in [4.78, 5) is 17.1. The van der Waals surface area contributed by atoms with Gasteiger partial charge < -0.3 is 10.2 Å². The zero-order valence-corrected chi connectivity index (χ0v) is 19.4. The average Bonchev–Trinajstić information content (AvgIpc) is 3.69. The molecule has 0 N–H and O–H groups in total. The number of alkyl halides is 6. The molecule has 0 saturated heterocycles. The van der Waals surface area contributed by atoms with Crippen LogP contribution in [0.5, 0.6) is 0 Å². The summed E-state index contributed by atoms with van der Waals surface area (Å²) in [5, 5.41) is 3.28. The first-order valence-corrected chi connectivity index (χ1v) is 10.8. The van der Waals surface area contributed by atoms with E-state index in [4.69, 9.17) is 0 Å². The monoisotopic (exact) mass is 496 g/mol. The molecule has 4 nitrogen and oxygen atoms in total. The van der Waals surface area contributed by atoms with Gasteiger partial charge in [0.25, 0.3) is 5.91 Å². The van der Waals surface area contributed by atoms with Gasteiger partial charge in [0.05, 0.1) is 0 Å². The Labute approximate surface area is 199 Å². The Bertz CT molecular complexity index is 1120. The van der Waals surface area contributed by atoms with Gasteiger partial charge in [0.15, 0.2) is 0 Å². The van der Waals surface area contributed by atoms with Crippen LogP contribution in [-0.4, -0.2) is 53.3 Å². The Balaban J connectivity index is 0.000000320. The number of amides is 1. The molecule has 0 aliphatic heterocycles. The van der Waals surface area contributed by atoms with Crippen LogP contribution in [0.25, 0.3) is 5.32 Å². The van der Waals surface area contributed by atoms with Crippen molar-refractivity contribution in [3.05, 3.63) is 70.3 Å². The SMILES string of the molecule is C[N-]C1(C(F)(F)F)CC1.Cc1cccc(C#Cc2ccc(C(=O)N(C)C3(C(F)(F)F)CC3)nc2)c1. The summed E-state index contributed by atoms with van der Waals surface area (Å²) in [6, 6.07) is 10.7. The van der Waals surface area contributed by atoms with Crippen LogP contribution in [0, 0.1) is 18.8 Å². The van der Waals surface area contributed by atoms with Crippen LogP contribution in [-0.2, 0) is 0 Å². The zero-order chi connectivity index (χ0) is 26.1. The molecule has 10 heteroatoms. The molecule has 35 heavy (non-hydrogen) atoms. The molecule has 2 aliphatic carbocycles. The summed E-state index contributed by atoms with van der Waals surface area (Å²) in [6.45, 7) is 1.97. The highest BCUT2D eigenvalue weighted by atomic mass is 19.4. The van der Waals surface area contributed by atoms with Gasteiger partial charge in [-0.05, 0) is 55.1 Å². The van der Waals surface area contributed by atoms with Gasteiger partial charge in [-0.1, -0.05) is 36.8 Å². The molecule has 2 fully saturated rings. The lowest BCUT2D eigenvalue weighted by Gasteiger charge is -2.29. The summed E-state index contributed by atoms with van der Waals surface area (Å²) in [5.74, 6) is 5.19. The van der Waals surface area contributed by atoms with E-state index in [-0.39, 0.29) is 31.4 Å². The highest BCUT2D eigenvalue weighted by molar-refractivity contribution is 5.93. The quantitative estimate of drug-likeness (QED) is 0.384. The fourth-order valence-electron chi connectivity index (χ4n) is 3.51. The van der Waals surface area contributed by atoms with Crippen molar-refractivity contribution in [3.63, 3.8) is 0 Å². The van der Waals surface area contributed by atoms with Crippen molar-refractivity contribution in [1.29, 1.82) is 0 Å². The lowest BCUT2D eigenvalue weighted by atomic mass is 10.1. The highest BCUT2D eigenvalue weighted by Gasteiger charge is 2.67. The lowest BCUT2D eigenvalue weighted by molar-refractivity contribution is -0.185. The maximum Gasteiger partial charge on any atom is 0.411 e. The summed E-state index contributed by atoms with van der Waals surface area (Å²) in [7, 11) is 2.40. The Morgan fingerprint density at radius 2 is 1.60 bits per heavy atom. The molecule has 1 amide bonds. The zero-order valence-electron chi connectivity index (χ0n) is 19.4. The first-order valence-electron chi connectivity index (χ1n) is 10.8. The second kappa shape index (κ2) is 9.53. The van der Waals surface area contributed by atoms with Crippen LogP contribution >= 0.6 is 0 Å². The van der Waals surface area contributed by atoms with Crippen LogP contribution in [0.1, 0.15) is 52.9 Å². The number of halogens is 6. The molecule has 0 spiro atoms. The fourth-order valence-corrected chi connectivity index (χ4v) is 3.51. The van der Waals surface area contributed by atoms with E-state index < -0.39 is 29.3 Å². The van der Waals surface area contributed by atoms with Crippen LogP contribution in [0.4, 0.5) is 26.3 Å². The van der Waals surface area contributed by atoms with Crippen molar-refractivity contribution in [3.8, 4) is 11.8 Å². The summed E-state index contributed by atoms with van der Waals surface area (Å²) < 4.78 is 74.8. The minimum absolute atomic E-state index is 0.0240. The standard InChI is InChI=1S/C20H17F3N2O.C5H7F3N/c1-14-4-3-5-15(12-14)6-7-16-8-9-17(24-13-16)18(26)25(2)19(10-11-19)20(21,22)23;1-9-4(2-3-4)5(6,7)8/h3-5,8-9,12-13H,10-11H2,1-2H3;2-3H2,1H3/q;-1. The Morgan fingerprint density at radius 1 is 0.971 bits per heavy atom. The van der Waals surface area contributed by atoms with E-state index >= 15 is 0 Å². The van der Waals surface area contributed by atoms with Crippen molar-refractivity contribution in [2.75, 3.05) is 14.1 Å². The Kier molecular flexibility index (Phi) is 7.23. The second-order valence-electron chi connectivity index (χ2n) is 8.70. The van der Waals surface area contributed by atoms with E-state index in [0.717, 1.165) is 16.0 Å². The minimum atomic E-state index is -4.43. The van der Waals surface area contributed by atoms with Crippen molar-refractivity contribution in [1.82, 2.24) is 9.88 Å². The molecule has 188 valence electrons. The van der Waals surface area contributed by atoms with Gasteiger partial charge >= 0.3 is 12.4 Å². The predicted octanol–water partition coefficient (Wildman–Crippen LogP) is 6.04.